The molecule has 0 aromatic carbocycles. The Morgan fingerprint density at radius 2 is 1.76 bits per heavy atom. The standard InChI is InChI=1S/C15H31NO/c1-12(15(2,3)4)16(5)11-14(17)10-13-8-6-7-9-13/h12-14,17H,6-11H2,1-5H3. The zero-order valence-electron chi connectivity index (χ0n) is 12.4. The Morgan fingerprint density at radius 1 is 1.24 bits per heavy atom. The molecular formula is C15H31NO. The lowest BCUT2D eigenvalue weighted by molar-refractivity contribution is 0.0589. The predicted molar refractivity (Wildman–Crippen MR) is 74.1 cm³/mol. The van der Waals surface area contributed by atoms with Gasteiger partial charge in [0.15, 0.2) is 0 Å². The van der Waals surface area contributed by atoms with Crippen LogP contribution in [0, 0.1) is 11.3 Å². The first-order valence-corrected chi connectivity index (χ1v) is 7.19. The van der Waals surface area contributed by atoms with Gasteiger partial charge in [-0.3, -0.25) is 0 Å². The van der Waals surface area contributed by atoms with Crippen LogP contribution < -0.4 is 0 Å². The van der Waals surface area contributed by atoms with Gasteiger partial charge in [0.25, 0.3) is 0 Å². The molecule has 2 nitrogen and oxygen atoms in total. The quantitative estimate of drug-likeness (QED) is 0.798. The van der Waals surface area contributed by atoms with Crippen molar-refractivity contribution >= 4 is 0 Å². The van der Waals surface area contributed by atoms with Crippen LogP contribution in [0.4, 0.5) is 0 Å². The molecule has 102 valence electrons. The molecule has 0 bridgehead atoms. The maximum Gasteiger partial charge on any atom is 0.0669 e. The summed E-state index contributed by atoms with van der Waals surface area (Å²) in [6.07, 6.45) is 6.25. The summed E-state index contributed by atoms with van der Waals surface area (Å²) in [4.78, 5) is 2.31. The summed E-state index contributed by atoms with van der Waals surface area (Å²) >= 11 is 0. The van der Waals surface area contributed by atoms with Gasteiger partial charge in [-0.1, -0.05) is 46.5 Å². The third-order valence-corrected chi connectivity index (χ3v) is 4.49. The summed E-state index contributed by atoms with van der Waals surface area (Å²) in [5.41, 5.74) is 0.280. The van der Waals surface area contributed by atoms with Crippen molar-refractivity contribution in [2.75, 3.05) is 13.6 Å². The Morgan fingerprint density at radius 3 is 2.24 bits per heavy atom. The molecule has 1 N–H and O–H groups in total. The van der Waals surface area contributed by atoms with Crippen LogP contribution in [0.3, 0.4) is 0 Å². The fourth-order valence-corrected chi connectivity index (χ4v) is 2.86. The van der Waals surface area contributed by atoms with E-state index in [9.17, 15) is 5.11 Å². The second-order valence-corrected chi connectivity index (χ2v) is 7.02. The summed E-state index contributed by atoms with van der Waals surface area (Å²) in [7, 11) is 2.13. The molecule has 0 radical (unpaired) electrons. The first-order valence-electron chi connectivity index (χ1n) is 7.19. The lowest BCUT2D eigenvalue weighted by Crippen LogP contribution is -2.43. The van der Waals surface area contributed by atoms with Crippen LogP contribution in [0.2, 0.25) is 0 Å². The lowest BCUT2D eigenvalue weighted by atomic mass is 9.87. The molecule has 2 unspecified atom stereocenters. The SMILES string of the molecule is CC(N(C)CC(O)CC1CCCC1)C(C)(C)C. The predicted octanol–water partition coefficient (Wildman–Crippen LogP) is 3.29. The van der Waals surface area contributed by atoms with Gasteiger partial charge in [-0.05, 0) is 31.7 Å². The van der Waals surface area contributed by atoms with E-state index in [1.807, 2.05) is 0 Å². The van der Waals surface area contributed by atoms with Gasteiger partial charge in [0.1, 0.15) is 0 Å². The Labute approximate surface area is 107 Å². The van der Waals surface area contributed by atoms with Gasteiger partial charge in [-0.2, -0.15) is 0 Å². The van der Waals surface area contributed by atoms with E-state index in [1.165, 1.54) is 25.7 Å². The molecule has 1 rings (SSSR count). The molecule has 1 aliphatic carbocycles. The monoisotopic (exact) mass is 241 g/mol. The number of aliphatic hydroxyl groups excluding tert-OH is 1. The van der Waals surface area contributed by atoms with E-state index in [0.29, 0.717) is 6.04 Å². The molecule has 0 aliphatic heterocycles. The van der Waals surface area contributed by atoms with Crippen LogP contribution in [-0.4, -0.2) is 35.7 Å². The number of nitrogens with zero attached hydrogens (tertiary/aromatic N) is 1. The highest BCUT2D eigenvalue weighted by molar-refractivity contribution is 4.80. The minimum Gasteiger partial charge on any atom is -0.392 e. The second kappa shape index (κ2) is 6.19. The fourth-order valence-electron chi connectivity index (χ4n) is 2.86. The molecular weight excluding hydrogens is 210 g/mol. The summed E-state index contributed by atoms with van der Waals surface area (Å²) in [5, 5.41) is 10.2. The Kier molecular flexibility index (Phi) is 5.46. The number of hydrogen-bond acceptors (Lipinski definition) is 2. The van der Waals surface area contributed by atoms with Crippen molar-refractivity contribution in [2.45, 2.75) is 71.9 Å². The highest BCUT2D eigenvalue weighted by Crippen LogP contribution is 2.29. The van der Waals surface area contributed by atoms with Crippen molar-refractivity contribution in [3.63, 3.8) is 0 Å². The number of rotatable bonds is 5. The molecule has 0 amide bonds. The van der Waals surface area contributed by atoms with Gasteiger partial charge in [0.05, 0.1) is 6.10 Å². The van der Waals surface area contributed by atoms with Gasteiger partial charge in [-0.15, -0.1) is 0 Å². The highest BCUT2D eigenvalue weighted by atomic mass is 16.3. The second-order valence-electron chi connectivity index (χ2n) is 7.02. The molecule has 2 heteroatoms. The van der Waals surface area contributed by atoms with E-state index in [4.69, 9.17) is 0 Å². The summed E-state index contributed by atoms with van der Waals surface area (Å²) in [6, 6.07) is 0.501. The highest BCUT2D eigenvalue weighted by Gasteiger charge is 2.26. The zero-order valence-corrected chi connectivity index (χ0v) is 12.4. The molecule has 1 saturated carbocycles. The topological polar surface area (TPSA) is 23.5 Å². The minimum absolute atomic E-state index is 0.145. The van der Waals surface area contributed by atoms with Crippen LogP contribution >= 0.6 is 0 Å². The van der Waals surface area contributed by atoms with Gasteiger partial charge < -0.3 is 10.0 Å². The molecule has 0 spiro atoms. The van der Waals surface area contributed by atoms with Crippen LogP contribution in [0.5, 0.6) is 0 Å². The average molecular weight is 241 g/mol. The number of hydrogen-bond donors (Lipinski definition) is 1. The zero-order chi connectivity index (χ0) is 13.1. The van der Waals surface area contributed by atoms with Crippen molar-refractivity contribution in [3.05, 3.63) is 0 Å². The van der Waals surface area contributed by atoms with Crippen LogP contribution in [0.1, 0.15) is 59.8 Å². The van der Waals surface area contributed by atoms with Crippen molar-refractivity contribution in [1.82, 2.24) is 4.90 Å². The molecule has 0 heterocycles. The summed E-state index contributed by atoms with van der Waals surface area (Å²) in [5.74, 6) is 0.781. The largest absolute Gasteiger partial charge is 0.392 e. The average Bonchev–Trinajstić information content (AvgIpc) is 2.67. The van der Waals surface area contributed by atoms with Gasteiger partial charge in [0.2, 0.25) is 0 Å². The van der Waals surface area contributed by atoms with Gasteiger partial charge in [0, 0.05) is 12.6 Å². The first-order chi connectivity index (χ1) is 7.80. The summed E-state index contributed by atoms with van der Waals surface area (Å²) in [6.45, 7) is 9.85. The molecule has 2 atom stereocenters. The molecule has 17 heavy (non-hydrogen) atoms. The lowest BCUT2D eigenvalue weighted by Gasteiger charge is -2.36. The smallest absolute Gasteiger partial charge is 0.0669 e. The molecule has 0 aromatic heterocycles. The maximum absolute atomic E-state index is 10.2. The normalized spacial score (nSPS) is 22.1. The molecule has 0 saturated heterocycles. The minimum atomic E-state index is -0.145. The summed E-state index contributed by atoms with van der Waals surface area (Å²) < 4.78 is 0. The van der Waals surface area contributed by atoms with Gasteiger partial charge >= 0.3 is 0 Å². The van der Waals surface area contributed by atoms with E-state index >= 15 is 0 Å². The third kappa shape index (κ3) is 4.97. The van der Waals surface area contributed by atoms with Crippen molar-refractivity contribution in [2.24, 2.45) is 11.3 Å². The third-order valence-electron chi connectivity index (χ3n) is 4.49. The Bertz CT molecular complexity index is 215. The van der Waals surface area contributed by atoms with E-state index in [-0.39, 0.29) is 11.5 Å². The van der Waals surface area contributed by atoms with Crippen LogP contribution in [-0.2, 0) is 0 Å². The van der Waals surface area contributed by atoms with Crippen molar-refractivity contribution in [3.8, 4) is 0 Å². The Balaban J connectivity index is 2.31. The van der Waals surface area contributed by atoms with Crippen molar-refractivity contribution in [1.29, 1.82) is 0 Å². The molecule has 0 aromatic rings. The Hall–Kier alpha value is -0.0800. The van der Waals surface area contributed by atoms with E-state index in [2.05, 4.69) is 39.6 Å². The van der Waals surface area contributed by atoms with E-state index in [1.54, 1.807) is 0 Å². The first kappa shape index (κ1) is 15.0. The fraction of sp³-hybridized carbons (Fsp3) is 1.00. The van der Waals surface area contributed by atoms with Crippen LogP contribution in [0.15, 0.2) is 0 Å². The molecule has 1 aliphatic rings. The maximum atomic E-state index is 10.2. The number of likely N-dealkylation sites (N-methyl/N-ethyl adjacent to an activating group) is 1. The van der Waals surface area contributed by atoms with Crippen molar-refractivity contribution < 1.29 is 5.11 Å². The van der Waals surface area contributed by atoms with E-state index in [0.717, 1.165) is 18.9 Å². The number of aliphatic hydroxyl groups is 1. The van der Waals surface area contributed by atoms with E-state index < -0.39 is 0 Å². The van der Waals surface area contributed by atoms with Crippen LogP contribution in [0.25, 0.3) is 0 Å². The molecule has 1 fully saturated rings. The van der Waals surface area contributed by atoms with Gasteiger partial charge in [-0.25, -0.2) is 0 Å².